The SMILES string of the molecule is CCCOc1ccc(NC(=S)NC(=O)c2ccc(C)c(Br)c2)cc1. The monoisotopic (exact) mass is 406 g/mol. The first-order valence-electron chi connectivity index (χ1n) is 7.61. The minimum absolute atomic E-state index is 0.249. The molecule has 2 rings (SSSR count). The molecular formula is C18H19BrN2O2S. The summed E-state index contributed by atoms with van der Waals surface area (Å²) >= 11 is 8.61. The van der Waals surface area contributed by atoms with Crippen molar-refractivity contribution in [3.05, 3.63) is 58.1 Å². The molecule has 0 radical (unpaired) electrons. The Morgan fingerprint density at radius 1 is 1.21 bits per heavy atom. The van der Waals surface area contributed by atoms with Gasteiger partial charge in [-0.15, -0.1) is 0 Å². The van der Waals surface area contributed by atoms with Gasteiger partial charge in [-0.1, -0.05) is 28.9 Å². The van der Waals surface area contributed by atoms with E-state index in [0.29, 0.717) is 12.2 Å². The summed E-state index contributed by atoms with van der Waals surface area (Å²) in [5.41, 5.74) is 2.40. The molecule has 0 bridgehead atoms. The van der Waals surface area contributed by atoms with Crippen LogP contribution in [0.5, 0.6) is 5.75 Å². The van der Waals surface area contributed by atoms with Crippen LogP contribution in [-0.2, 0) is 0 Å². The molecule has 0 spiro atoms. The van der Waals surface area contributed by atoms with Gasteiger partial charge in [0.1, 0.15) is 5.75 Å². The number of carbonyl (C=O) groups is 1. The lowest BCUT2D eigenvalue weighted by atomic mass is 10.1. The van der Waals surface area contributed by atoms with Gasteiger partial charge in [-0.2, -0.15) is 0 Å². The number of anilines is 1. The average Bonchev–Trinajstić information content (AvgIpc) is 2.56. The highest BCUT2D eigenvalue weighted by Crippen LogP contribution is 2.18. The van der Waals surface area contributed by atoms with Crippen molar-refractivity contribution in [3.63, 3.8) is 0 Å². The maximum atomic E-state index is 12.2. The molecule has 0 aromatic heterocycles. The number of carbonyl (C=O) groups excluding carboxylic acids is 1. The van der Waals surface area contributed by atoms with E-state index in [1.165, 1.54) is 0 Å². The Morgan fingerprint density at radius 2 is 1.92 bits per heavy atom. The second-order valence-corrected chi connectivity index (χ2v) is 6.51. The number of aryl methyl sites for hydroxylation is 1. The third kappa shape index (κ3) is 5.32. The van der Waals surface area contributed by atoms with Crippen LogP contribution in [0.25, 0.3) is 0 Å². The fourth-order valence-electron chi connectivity index (χ4n) is 1.93. The van der Waals surface area contributed by atoms with Crippen molar-refractivity contribution in [3.8, 4) is 5.75 Å². The Hall–Kier alpha value is -1.92. The fraction of sp³-hybridized carbons (Fsp3) is 0.222. The number of ether oxygens (including phenoxy) is 1. The summed E-state index contributed by atoms with van der Waals surface area (Å²) in [7, 11) is 0. The summed E-state index contributed by atoms with van der Waals surface area (Å²) in [6, 6.07) is 12.8. The number of thiocarbonyl (C=S) groups is 1. The minimum atomic E-state index is -0.254. The first-order valence-corrected chi connectivity index (χ1v) is 8.81. The van der Waals surface area contributed by atoms with E-state index in [-0.39, 0.29) is 11.0 Å². The zero-order valence-electron chi connectivity index (χ0n) is 13.6. The first kappa shape index (κ1) is 18.4. The number of benzene rings is 2. The van der Waals surface area contributed by atoms with E-state index in [1.807, 2.05) is 37.3 Å². The molecule has 126 valence electrons. The first-order chi connectivity index (χ1) is 11.5. The summed E-state index contributed by atoms with van der Waals surface area (Å²) in [4.78, 5) is 12.2. The Labute approximate surface area is 155 Å². The van der Waals surface area contributed by atoms with Crippen LogP contribution in [0.2, 0.25) is 0 Å². The van der Waals surface area contributed by atoms with Crippen molar-refractivity contribution in [2.45, 2.75) is 20.3 Å². The standard InChI is InChI=1S/C18H19BrN2O2S/c1-3-10-23-15-8-6-14(7-9-15)20-18(24)21-17(22)13-5-4-12(2)16(19)11-13/h4-9,11H,3,10H2,1-2H3,(H2,20,21,22,24). The van der Waals surface area contributed by atoms with Gasteiger partial charge in [0.2, 0.25) is 0 Å². The fourth-order valence-corrected chi connectivity index (χ4v) is 2.52. The highest BCUT2D eigenvalue weighted by Gasteiger charge is 2.09. The smallest absolute Gasteiger partial charge is 0.257 e. The molecule has 24 heavy (non-hydrogen) atoms. The molecule has 0 aliphatic rings. The average molecular weight is 407 g/mol. The zero-order chi connectivity index (χ0) is 17.5. The van der Waals surface area contributed by atoms with Gasteiger partial charge >= 0.3 is 0 Å². The molecule has 0 atom stereocenters. The molecule has 2 N–H and O–H groups in total. The van der Waals surface area contributed by atoms with Gasteiger partial charge in [-0.3, -0.25) is 10.1 Å². The largest absolute Gasteiger partial charge is 0.494 e. The molecule has 4 nitrogen and oxygen atoms in total. The van der Waals surface area contributed by atoms with Crippen LogP contribution in [0.1, 0.15) is 29.3 Å². The second-order valence-electron chi connectivity index (χ2n) is 5.25. The number of hydrogen-bond donors (Lipinski definition) is 2. The van der Waals surface area contributed by atoms with Crippen LogP contribution in [0.3, 0.4) is 0 Å². The molecule has 1 amide bonds. The van der Waals surface area contributed by atoms with E-state index in [0.717, 1.165) is 27.9 Å². The Bertz CT molecular complexity index is 732. The van der Waals surface area contributed by atoms with Gasteiger partial charge in [-0.05, 0) is 67.5 Å². The van der Waals surface area contributed by atoms with Crippen molar-refractivity contribution in [1.29, 1.82) is 0 Å². The Kier molecular flexibility index (Phi) is 6.75. The molecule has 0 unspecified atom stereocenters. The number of amides is 1. The van der Waals surface area contributed by atoms with Crippen LogP contribution >= 0.6 is 28.1 Å². The predicted molar refractivity (Wildman–Crippen MR) is 105 cm³/mol. The molecule has 2 aromatic rings. The van der Waals surface area contributed by atoms with Gasteiger partial charge in [0.05, 0.1) is 6.61 Å². The third-order valence-corrected chi connectivity index (χ3v) is 4.30. The Balaban J connectivity index is 1.92. The van der Waals surface area contributed by atoms with Gasteiger partial charge < -0.3 is 10.1 Å². The second kappa shape index (κ2) is 8.80. The number of nitrogens with one attached hydrogen (secondary N) is 2. The van der Waals surface area contributed by atoms with Crippen molar-refractivity contribution in [2.24, 2.45) is 0 Å². The lowest BCUT2D eigenvalue weighted by molar-refractivity contribution is 0.0977. The normalized spacial score (nSPS) is 10.1. The van der Waals surface area contributed by atoms with E-state index in [9.17, 15) is 4.79 Å². The molecule has 0 fully saturated rings. The highest BCUT2D eigenvalue weighted by molar-refractivity contribution is 9.10. The molecular weight excluding hydrogens is 388 g/mol. The van der Waals surface area contributed by atoms with Crippen molar-refractivity contribution < 1.29 is 9.53 Å². The van der Waals surface area contributed by atoms with E-state index in [2.05, 4.69) is 33.5 Å². The number of hydrogen-bond acceptors (Lipinski definition) is 3. The lowest BCUT2D eigenvalue weighted by Gasteiger charge is -2.11. The lowest BCUT2D eigenvalue weighted by Crippen LogP contribution is -2.34. The molecule has 0 aliphatic heterocycles. The van der Waals surface area contributed by atoms with Crippen molar-refractivity contribution in [1.82, 2.24) is 5.32 Å². The minimum Gasteiger partial charge on any atom is -0.494 e. The topological polar surface area (TPSA) is 50.4 Å². The quantitative estimate of drug-likeness (QED) is 0.708. The molecule has 2 aromatic carbocycles. The summed E-state index contributed by atoms with van der Waals surface area (Å²) < 4.78 is 6.41. The van der Waals surface area contributed by atoms with E-state index < -0.39 is 0 Å². The van der Waals surface area contributed by atoms with Crippen LogP contribution in [-0.4, -0.2) is 17.6 Å². The molecule has 0 saturated heterocycles. The van der Waals surface area contributed by atoms with Crippen LogP contribution in [0, 0.1) is 6.92 Å². The maximum Gasteiger partial charge on any atom is 0.257 e. The summed E-state index contributed by atoms with van der Waals surface area (Å²) in [6.07, 6.45) is 0.964. The molecule has 0 heterocycles. The van der Waals surface area contributed by atoms with Gasteiger partial charge in [0.25, 0.3) is 5.91 Å². The van der Waals surface area contributed by atoms with Gasteiger partial charge in [-0.25, -0.2) is 0 Å². The number of rotatable bonds is 5. The molecule has 0 aliphatic carbocycles. The van der Waals surface area contributed by atoms with E-state index in [4.69, 9.17) is 17.0 Å². The summed E-state index contributed by atoms with van der Waals surface area (Å²) in [5.74, 6) is 0.554. The van der Waals surface area contributed by atoms with Crippen LogP contribution in [0.4, 0.5) is 5.69 Å². The van der Waals surface area contributed by atoms with Gasteiger partial charge in [0, 0.05) is 15.7 Å². The number of halogens is 1. The summed E-state index contributed by atoms with van der Waals surface area (Å²) in [5, 5.41) is 5.90. The maximum absolute atomic E-state index is 12.2. The van der Waals surface area contributed by atoms with E-state index in [1.54, 1.807) is 12.1 Å². The van der Waals surface area contributed by atoms with Crippen molar-refractivity contribution in [2.75, 3.05) is 11.9 Å². The van der Waals surface area contributed by atoms with Crippen LogP contribution in [0.15, 0.2) is 46.9 Å². The summed E-state index contributed by atoms with van der Waals surface area (Å²) in [6.45, 7) is 4.71. The molecule has 6 heteroatoms. The van der Waals surface area contributed by atoms with Gasteiger partial charge in [0.15, 0.2) is 5.11 Å². The van der Waals surface area contributed by atoms with Crippen LogP contribution < -0.4 is 15.4 Å². The predicted octanol–water partition coefficient (Wildman–Crippen LogP) is 4.67. The highest BCUT2D eigenvalue weighted by atomic mass is 79.9. The zero-order valence-corrected chi connectivity index (χ0v) is 16.0. The molecule has 0 saturated carbocycles. The van der Waals surface area contributed by atoms with E-state index >= 15 is 0 Å². The van der Waals surface area contributed by atoms with Crippen molar-refractivity contribution >= 4 is 44.9 Å². The Morgan fingerprint density at radius 3 is 2.54 bits per heavy atom. The third-order valence-electron chi connectivity index (χ3n) is 3.25.